The maximum Gasteiger partial charge on any atom is 0.253 e. The second-order valence-corrected chi connectivity index (χ2v) is 7.73. The Morgan fingerprint density at radius 2 is 1.19 bits per heavy atom. The summed E-state index contributed by atoms with van der Waals surface area (Å²) in [6.45, 7) is 1.40. The molecule has 2 amide bonds. The van der Waals surface area contributed by atoms with E-state index in [9.17, 15) is 9.59 Å². The van der Waals surface area contributed by atoms with Gasteiger partial charge in [-0.25, -0.2) is 0 Å². The molecule has 2 rings (SSSR count). The van der Waals surface area contributed by atoms with E-state index in [1.54, 1.807) is 45.0 Å². The van der Waals surface area contributed by atoms with Gasteiger partial charge in [-0.05, 0) is 48.2 Å². The zero-order valence-corrected chi connectivity index (χ0v) is 21.8. The van der Waals surface area contributed by atoms with E-state index in [4.69, 9.17) is 0 Å². The van der Waals surface area contributed by atoms with E-state index in [1.165, 1.54) is 0 Å². The number of halogens is 1. The van der Waals surface area contributed by atoms with Crippen molar-refractivity contribution in [1.29, 1.82) is 0 Å². The number of nitrogens with zero attached hydrogens (tertiary/aromatic N) is 3. The van der Waals surface area contributed by atoms with Gasteiger partial charge < -0.3 is 20.4 Å². The van der Waals surface area contributed by atoms with E-state index < -0.39 is 0 Å². The highest BCUT2D eigenvalue weighted by molar-refractivity contribution is 14.0. The van der Waals surface area contributed by atoms with Crippen molar-refractivity contribution >= 4 is 41.8 Å². The molecule has 0 aliphatic rings. The van der Waals surface area contributed by atoms with E-state index in [1.807, 2.05) is 48.5 Å². The molecule has 2 aromatic rings. The van der Waals surface area contributed by atoms with E-state index in [0.29, 0.717) is 24.2 Å². The van der Waals surface area contributed by atoms with Crippen LogP contribution in [0.2, 0.25) is 0 Å². The predicted molar refractivity (Wildman–Crippen MR) is 141 cm³/mol. The van der Waals surface area contributed by atoms with Crippen LogP contribution >= 0.6 is 24.0 Å². The zero-order valence-electron chi connectivity index (χ0n) is 19.5. The van der Waals surface area contributed by atoms with Gasteiger partial charge in [-0.3, -0.25) is 14.6 Å². The maximum atomic E-state index is 12.1. The molecule has 174 valence electrons. The van der Waals surface area contributed by atoms with E-state index >= 15 is 0 Å². The zero-order chi connectivity index (χ0) is 22.8. The minimum absolute atomic E-state index is 0. The van der Waals surface area contributed by atoms with Gasteiger partial charge in [0.25, 0.3) is 11.8 Å². The van der Waals surface area contributed by atoms with Crippen molar-refractivity contribution in [3.05, 3.63) is 70.8 Å². The highest BCUT2D eigenvalue weighted by atomic mass is 127. The van der Waals surface area contributed by atoms with Gasteiger partial charge in [-0.15, -0.1) is 24.0 Å². The first-order valence-electron chi connectivity index (χ1n) is 10.4. The smallest absolute Gasteiger partial charge is 0.253 e. The molecule has 8 heteroatoms. The van der Waals surface area contributed by atoms with Gasteiger partial charge in [0.1, 0.15) is 0 Å². The van der Waals surface area contributed by atoms with Gasteiger partial charge >= 0.3 is 0 Å². The Bertz CT molecular complexity index is 857. The number of hydrogen-bond donors (Lipinski definition) is 2. The van der Waals surface area contributed by atoms with Crippen molar-refractivity contribution in [3.63, 3.8) is 0 Å². The molecule has 2 N–H and O–H groups in total. The second kappa shape index (κ2) is 13.7. The predicted octanol–water partition coefficient (Wildman–Crippen LogP) is 2.66. The average molecular weight is 551 g/mol. The first kappa shape index (κ1) is 27.4. The minimum atomic E-state index is 0. The Morgan fingerprint density at radius 3 is 1.53 bits per heavy atom. The Kier molecular flexibility index (Phi) is 11.8. The number of hydrogen-bond acceptors (Lipinski definition) is 3. The van der Waals surface area contributed by atoms with Crippen molar-refractivity contribution < 1.29 is 9.59 Å². The first-order valence-corrected chi connectivity index (χ1v) is 10.4. The van der Waals surface area contributed by atoms with Gasteiger partial charge in [0, 0.05) is 59.5 Å². The number of carbonyl (C=O) groups is 2. The van der Waals surface area contributed by atoms with Crippen molar-refractivity contribution in [2.45, 2.75) is 12.8 Å². The number of benzene rings is 2. The summed E-state index contributed by atoms with van der Waals surface area (Å²) < 4.78 is 0. The molecule has 0 heterocycles. The highest BCUT2D eigenvalue weighted by Crippen LogP contribution is 2.09. The Labute approximate surface area is 208 Å². The summed E-state index contributed by atoms with van der Waals surface area (Å²) >= 11 is 0. The number of nitrogens with one attached hydrogen (secondary N) is 2. The van der Waals surface area contributed by atoms with Crippen molar-refractivity contribution in [1.82, 2.24) is 20.4 Å². The Balaban J connectivity index is 0.00000512. The van der Waals surface area contributed by atoms with Crippen LogP contribution in [0.15, 0.2) is 53.5 Å². The van der Waals surface area contributed by atoms with Gasteiger partial charge in [-0.1, -0.05) is 24.3 Å². The summed E-state index contributed by atoms with van der Waals surface area (Å²) in [6, 6.07) is 15.4. The summed E-state index contributed by atoms with van der Waals surface area (Å²) in [7, 11) is 8.75. The minimum Gasteiger partial charge on any atom is -0.356 e. The van der Waals surface area contributed by atoms with Crippen LogP contribution in [-0.2, 0) is 12.8 Å². The SMILES string of the molecule is CN=C(NCCc1cccc(C(=O)N(C)C)c1)NCCc1cccc(C(=O)N(C)C)c1.I. The fraction of sp³-hybridized carbons (Fsp3) is 0.375. The van der Waals surface area contributed by atoms with Crippen LogP contribution in [0.3, 0.4) is 0 Å². The van der Waals surface area contributed by atoms with Gasteiger partial charge in [0.15, 0.2) is 5.96 Å². The summed E-state index contributed by atoms with van der Waals surface area (Å²) in [6.07, 6.45) is 1.56. The van der Waals surface area contributed by atoms with Crippen LogP contribution in [0.4, 0.5) is 0 Å². The van der Waals surface area contributed by atoms with Gasteiger partial charge in [0.2, 0.25) is 0 Å². The molecule has 32 heavy (non-hydrogen) atoms. The molecule has 0 fully saturated rings. The lowest BCUT2D eigenvalue weighted by molar-refractivity contribution is 0.0820. The van der Waals surface area contributed by atoms with Crippen LogP contribution in [0, 0.1) is 0 Å². The first-order chi connectivity index (χ1) is 14.8. The van der Waals surface area contributed by atoms with Crippen LogP contribution in [0.5, 0.6) is 0 Å². The topological polar surface area (TPSA) is 77.0 Å². The molecule has 0 spiro atoms. The molecular formula is C24H34IN5O2. The van der Waals surface area contributed by atoms with Crippen LogP contribution < -0.4 is 10.6 Å². The summed E-state index contributed by atoms with van der Waals surface area (Å²) in [5, 5.41) is 6.61. The number of aliphatic imine (C=N–C) groups is 1. The molecule has 0 aliphatic heterocycles. The van der Waals surface area contributed by atoms with Crippen LogP contribution in [0.1, 0.15) is 31.8 Å². The fourth-order valence-electron chi connectivity index (χ4n) is 3.11. The van der Waals surface area contributed by atoms with Gasteiger partial charge in [0.05, 0.1) is 0 Å². The van der Waals surface area contributed by atoms with E-state index in [2.05, 4.69) is 15.6 Å². The monoisotopic (exact) mass is 551 g/mol. The fourth-order valence-corrected chi connectivity index (χ4v) is 3.11. The van der Waals surface area contributed by atoms with Crippen LogP contribution in [-0.4, -0.2) is 75.9 Å². The van der Waals surface area contributed by atoms with Crippen molar-refractivity contribution in [2.24, 2.45) is 4.99 Å². The second-order valence-electron chi connectivity index (χ2n) is 7.73. The molecule has 0 atom stereocenters. The molecule has 0 radical (unpaired) electrons. The number of guanidine groups is 1. The molecular weight excluding hydrogens is 517 g/mol. The van der Waals surface area contributed by atoms with Gasteiger partial charge in [-0.2, -0.15) is 0 Å². The largest absolute Gasteiger partial charge is 0.356 e. The lowest BCUT2D eigenvalue weighted by Gasteiger charge is -2.14. The molecule has 0 aromatic heterocycles. The maximum absolute atomic E-state index is 12.1. The summed E-state index contributed by atoms with van der Waals surface area (Å²) in [4.78, 5) is 31.6. The summed E-state index contributed by atoms with van der Waals surface area (Å²) in [5.74, 6) is 0.730. The Morgan fingerprint density at radius 1 is 0.781 bits per heavy atom. The highest BCUT2D eigenvalue weighted by Gasteiger charge is 2.09. The summed E-state index contributed by atoms with van der Waals surface area (Å²) in [5.41, 5.74) is 3.58. The van der Waals surface area contributed by atoms with Crippen molar-refractivity contribution in [2.75, 3.05) is 48.3 Å². The number of carbonyl (C=O) groups excluding carboxylic acids is 2. The Hall–Kier alpha value is -2.62. The standard InChI is InChI=1S/C24H33N5O2.HI/c1-25-24(26-14-12-18-8-6-10-20(16-18)22(30)28(2)3)27-15-13-19-9-7-11-21(17-19)23(31)29(4)5;/h6-11,16-17H,12-15H2,1-5H3,(H2,25,26,27);1H. The molecule has 0 aliphatic carbocycles. The van der Waals surface area contributed by atoms with Crippen molar-refractivity contribution in [3.8, 4) is 0 Å². The molecule has 0 saturated heterocycles. The van der Waals surface area contributed by atoms with E-state index in [0.717, 1.165) is 29.9 Å². The third-order valence-electron chi connectivity index (χ3n) is 4.80. The lowest BCUT2D eigenvalue weighted by atomic mass is 10.1. The molecule has 2 aromatic carbocycles. The molecule has 0 saturated carbocycles. The average Bonchev–Trinajstić information content (AvgIpc) is 2.77. The van der Waals surface area contributed by atoms with E-state index in [-0.39, 0.29) is 35.8 Å². The molecule has 7 nitrogen and oxygen atoms in total. The van der Waals surface area contributed by atoms with Crippen LogP contribution in [0.25, 0.3) is 0 Å². The molecule has 0 unspecified atom stereocenters. The lowest BCUT2D eigenvalue weighted by Crippen LogP contribution is -2.39. The molecule has 0 bridgehead atoms. The quantitative estimate of drug-likeness (QED) is 0.301. The number of rotatable bonds is 8. The third kappa shape index (κ3) is 8.49. The number of amides is 2. The normalized spacial score (nSPS) is 9.91. The third-order valence-corrected chi connectivity index (χ3v) is 4.80.